The number of carbonyl (C=O) groups excluding carboxylic acids is 4. The number of imidazole rings is 2. The van der Waals surface area contributed by atoms with Crippen molar-refractivity contribution in [3.8, 4) is 0 Å². The summed E-state index contributed by atoms with van der Waals surface area (Å²) in [6.45, 7) is 14.0. The molecule has 1 fully saturated rings. The van der Waals surface area contributed by atoms with E-state index >= 15 is 9.59 Å². The standard InChI is InChI=1S/C66H73N11O8/c1-65(2,3)47-20-24-49(25-21-47)76(63(81)53-35-69-41-71-53)59(45-17-12-28-67-33-45)61(79)73-55(43-14-8-7-9-15-43)40-85-57-38-75(30-31-83-57)37-51(78)39-84-56-32-44-16-10-11-19-52(44)58(56)74-62(80)60(46-18-13-29-68-34-46)77(64(82)54-36-70-42-72-54)50-26-22-48(23-27-50)66(4,5)6/h7-29,33-36,41-42,51,55-60,78H,30-32,37-40H2,1-6H3,(H,69,71)(H,70,72)(H,73,79)(H,74,80)/t51-,55-,56-,57?,58+,59?,60?/m0/s1. The van der Waals surface area contributed by atoms with E-state index in [1.54, 1.807) is 49.1 Å². The number of anilines is 2. The van der Waals surface area contributed by atoms with E-state index in [4.69, 9.17) is 14.2 Å². The third kappa shape index (κ3) is 14.3. The summed E-state index contributed by atoms with van der Waals surface area (Å²) in [6, 6.07) is 35.8. The lowest BCUT2D eigenvalue weighted by atomic mass is 9.87. The molecule has 1 aliphatic carbocycles. The van der Waals surface area contributed by atoms with Crippen molar-refractivity contribution in [3.63, 3.8) is 0 Å². The maximum atomic E-state index is 15.2. The van der Waals surface area contributed by atoms with Crippen LogP contribution in [0, 0.1) is 0 Å². The molecule has 1 saturated heterocycles. The predicted molar refractivity (Wildman–Crippen MR) is 321 cm³/mol. The van der Waals surface area contributed by atoms with Crippen LogP contribution in [0.3, 0.4) is 0 Å². The highest BCUT2D eigenvalue weighted by Crippen LogP contribution is 2.38. The number of morpholine rings is 1. The maximum Gasteiger partial charge on any atom is 0.279 e. The van der Waals surface area contributed by atoms with Crippen LogP contribution in [-0.2, 0) is 41.1 Å². The summed E-state index contributed by atoms with van der Waals surface area (Å²) < 4.78 is 19.2. The molecule has 440 valence electrons. The molecule has 1 aliphatic heterocycles. The number of carbonyl (C=O) groups is 4. The lowest BCUT2D eigenvalue weighted by Crippen LogP contribution is -2.49. The number of ether oxygens (including phenoxy) is 3. The van der Waals surface area contributed by atoms with Crippen LogP contribution in [0.2, 0.25) is 0 Å². The first-order valence-corrected chi connectivity index (χ1v) is 28.6. The molecule has 0 saturated carbocycles. The molecule has 3 unspecified atom stereocenters. The molecular weight excluding hydrogens is 1070 g/mol. The van der Waals surface area contributed by atoms with Gasteiger partial charge in [-0.25, -0.2) is 9.97 Å². The molecule has 5 N–H and O–H groups in total. The Balaban J connectivity index is 0.822. The summed E-state index contributed by atoms with van der Waals surface area (Å²) in [5.41, 5.74) is 6.66. The van der Waals surface area contributed by atoms with Crippen LogP contribution in [0.5, 0.6) is 0 Å². The predicted octanol–water partition coefficient (Wildman–Crippen LogP) is 8.69. The van der Waals surface area contributed by atoms with E-state index in [1.807, 2.05) is 108 Å². The highest BCUT2D eigenvalue weighted by Gasteiger charge is 2.41. The zero-order valence-corrected chi connectivity index (χ0v) is 48.7. The summed E-state index contributed by atoms with van der Waals surface area (Å²) in [4.78, 5) is 87.4. The zero-order valence-electron chi connectivity index (χ0n) is 48.7. The molecule has 4 aromatic heterocycles. The maximum absolute atomic E-state index is 15.2. The molecule has 4 aromatic carbocycles. The van der Waals surface area contributed by atoms with E-state index in [0.717, 1.165) is 27.8 Å². The number of rotatable bonds is 21. The molecule has 19 heteroatoms. The van der Waals surface area contributed by atoms with Crippen LogP contribution in [0.15, 0.2) is 177 Å². The van der Waals surface area contributed by atoms with E-state index in [-0.39, 0.29) is 42.0 Å². The molecule has 2 aliphatic rings. The van der Waals surface area contributed by atoms with E-state index in [9.17, 15) is 14.7 Å². The Labute approximate surface area is 495 Å². The van der Waals surface area contributed by atoms with Crippen molar-refractivity contribution >= 4 is 35.0 Å². The molecule has 8 aromatic rings. The molecule has 4 amide bonds. The molecule has 10 rings (SSSR count). The van der Waals surface area contributed by atoms with E-state index in [0.29, 0.717) is 48.6 Å². The molecule has 5 heterocycles. The highest BCUT2D eigenvalue weighted by molar-refractivity contribution is 6.10. The minimum absolute atomic E-state index is 0.00265. The summed E-state index contributed by atoms with van der Waals surface area (Å²) in [7, 11) is 0. The van der Waals surface area contributed by atoms with Gasteiger partial charge in [-0.1, -0.05) is 133 Å². The molecule has 0 radical (unpaired) electrons. The smallest absolute Gasteiger partial charge is 0.279 e. The number of aromatic amines is 2. The topological polar surface area (TPSA) is 233 Å². The van der Waals surface area contributed by atoms with Gasteiger partial charge in [0.05, 0.1) is 56.8 Å². The number of H-pyrrole nitrogens is 2. The lowest BCUT2D eigenvalue weighted by Gasteiger charge is -2.35. The summed E-state index contributed by atoms with van der Waals surface area (Å²) in [6.07, 6.45) is 10.5. The van der Waals surface area contributed by atoms with E-state index < -0.39 is 66.3 Å². The average molecular weight is 1150 g/mol. The second-order valence-electron chi connectivity index (χ2n) is 23.5. The fraction of sp³-hybridized carbons (Fsp3) is 0.333. The van der Waals surface area contributed by atoms with E-state index in [2.05, 4.69) is 82.1 Å². The van der Waals surface area contributed by atoms with Crippen molar-refractivity contribution in [1.29, 1.82) is 0 Å². The molecular formula is C66H73N11O8. The first-order chi connectivity index (χ1) is 41.0. The number of pyridine rings is 2. The molecule has 85 heavy (non-hydrogen) atoms. The Hall–Kier alpha value is -8.72. The average Bonchev–Trinajstić information content (AvgIpc) is 2.94. The number of hydrogen-bond acceptors (Lipinski definition) is 13. The van der Waals surface area contributed by atoms with Crippen LogP contribution in [0.4, 0.5) is 11.4 Å². The minimum Gasteiger partial charge on any atom is -0.389 e. The normalized spacial score (nSPS) is 17.7. The van der Waals surface area contributed by atoms with Gasteiger partial charge in [0.1, 0.15) is 23.5 Å². The van der Waals surface area contributed by atoms with Crippen LogP contribution >= 0.6 is 0 Å². The van der Waals surface area contributed by atoms with E-state index in [1.165, 1.54) is 34.8 Å². The van der Waals surface area contributed by atoms with Crippen molar-refractivity contribution in [1.82, 2.24) is 45.4 Å². The molecule has 0 spiro atoms. The summed E-state index contributed by atoms with van der Waals surface area (Å²) in [5.74, 6) is -1.91. The van der Waals surface area contributed by atoms with Crippen molar-refractivity contribution in [2.75, 3.05) is 49.3 Å². The monoisotopic (exact) mass is 1150 g/mol. The highest BCUT2D eigenvalue weighted by atomic mass is 16.7. The van der Waals surface area contributed by atoms with Crippen LogP contribution in [-0.4, -0.2) is 121 Å². The fourth-order valence-corrected chi connectivity index (χ4v) is 10.9. The summed E-state index contributed by atoms with van der Waals surface area (Å²) in [5, 5.41) is 18.2. The Bertz CT molecular complexity index is 3470. The van der Waals surface area contributed by atoms with Gasteiger partial charge in [0.2, 0.25) is 11.8 Å². The molecule has 0 bridgehead atoms. The van der Waals surface area contributed by atoms with Gasteiger partial charge >= 0.3 is 0 Å². The van der Waals surface area contributed by atoms with Crippen molar-refractivity contribution < 1.29 is 38.5 Å². The van der Waals surface area contributed by atoms with Gasteiger partial charge in [0.15, 0.2) is 6.29 Å². The van der Waals surface area contributed by atoms with Crippen LogP contribution in [0.25, 0.3) is 0 Å². The van der Waals surface area contributed by atoms with Gasteiger partial charge in [-0.2, -0.15) is 0 Å². The summed E-state index contributed by atoms with van der Waals surface area (Å²) >= 11 is 0. The lowest BCUT2D eigenvalue weighted by molar-refractivity contribution is -0.186. The van der Waals surface area contributed by atoms with Gasteiger partial charge in [-0.3, -0.25) is 43.8 Å². The van der Waals surface area contributed by atoms with Gasteiger partial charge in [-0.15, -0.1) is 0 Å². The Morgan fingerprint density at radius 3 is 1.74 bits per heavy atom. The number of nitrogens with zero attached hydrogens (tertiary/aromatic N) is 7. The van der Waals surface area contributed by atoms with Crippen LogP contribution < -0.4 is 20.4 Å². The van der Waals surface area contributed by atoms with Crippen molar-refractivity contribution in [2.24, 2.45) is 0 Å². The number of aliphatic hydroxyl groups is 1. The second-order valence-corrected chi connectivity index (χ2v) is 23.5. The third-order valence-electron chi connectivity index (χ3n) is 15.4. The number of hydrogen-bond donors (Lipinski definition) is 5. The number of nitrogens with one attached hydrogen (secondary N) is 4. The zero-order chi connectivity index (χ0) is 59.7. The number of β-amino-alcohol motifs (C(OH)–C–C–N with tert-alkyl or cyclic N) is 1. The largest absolute Gasteiger partial charge is 0.389 e. The minimum atomic E-state index is -1.18. The fourth-order valence-electron chi connectivity index (χ4n) is 10.9. The number of amides is 4. The number of aliphatic hydroxyl groups excluding tert-OH is 1. The Morgan fingerprint density at radius 1 is 0.671 bits per heavy atom. The molecule has 19 nitrogen and oxygen atoms in total. The number of aromatic nitrogens is 6. The Morgan fingerprint density at radius 2 is 1.21 bits per heavy atom. The SMILES string of the molecule is CC(C)(C)c1ccc(N(C(=O)c2c[nH]cn2)C(C(=O)N[C@@H](COC2CN(C[C@H](O)CO[C@H]3Cc4ccccc4[C@H]3NC(=O)C(c3cccnc3)N(C(=O)c3c[nH]cn3)c3ccc(C(C)(C)C)cc3)CCO2)c2ccccc2)c2cccnc2)cc1. The number of fused-ring (bicyclic) bond motifs is 1. The van der Waals surface area contributed by atoms with Crippen LogP contribution in [0.1, 0.15) is 126 Å². The third-order valence-corrected chi connectivity index (χ3v) is 15.4. The van der Waals surface area contributed by atoms with Gasteiger partial charge < -0.3 is 39.9 Å². The second kappa shape index (κ2) is 26.5. The van der Waals surface area contributed by atoms with Gasteiger partial charge in [-0.05, 0) is 75.0 Å². The first-order valence-electron chi connectivity index (χ1n) is 28.6. The van der Waals surface area contributed by atoms with Gasteiger partial charge in [0.25, 0.3) is 11.8 Å². The quantitative estimate of drug-likeness (QED) is 0.0454. The first kappa shape index (κ1) is 59.4. The number of benzene rings is 4. The van der Waals surface area contributed by atoms with Crippen molar-refractivity contribution in [2.45, 2.75) is 101 Å². The molecule has 7 atom stereocenters. The van der Waals surface area contributed by atoms with Crippen molar-refractivity contribution in [3.05, 3.63) is 228 Å². The van der Waals surface area contributed by atoms with Gasteiger partial charge in [0, 0.05) is 85.7 Å². The Kier molecular flexibility index (Phi) is 18.5.